The summed E-state index contributed by atoms with van der Waals surface area (Å²) in [6.07, 6.45) is 0. The molecule has 2 rings (SSSR count). The zero-order valence-corrected chi connectivity index (χ0v) is 14.4. The first-order valence-electron chi connectivity index (χ1n) is 7.10. The van der Waals surface area contributed by atoms with Gasteiger partial charge in [0.25, 0.3) is 0 Å². The lowest BCUT2D eigenvalue weighted by atomic mass is 10.2. The molecule has 0 unspecified atom stereocenters. The molecule has 0 aliphatic rings. The van der Waals surface area contributed by atoms with Gasteiger partial charge in [-0.1, -0.05) is 41.4 Å². The Hall–Kier alpha value is -2.11. The van der Waals surface area contributed by atoms with Gasteiger partial charge in [-0.3, -0.25) is 9.59 Å². The SMILES string of the molecule is CC(=O)N(CC(=O)Nc1ccc(F)c(Cl)c1)Cc1ccccc1Cl. The topological polar surface area (TPSA) is 49.4 Å². The molecular formula is C17H15Cl2FN2O2. The highest BCUT2D eigenvalue weighted by Gasteiger charge is 2.16. The minimum Gasteiger partial charge on any atom is -0.329 e. The van der Waals surface area contributed by atoms with Crippen molar-refractivity contribution in [1.29, 1.82) is 0 Å². The summed E-state index contributed by atoms with van der Waals surface area (Å²) in [4.78, 5) is 25.3. The van der Waals surface area contributed by atoms with Crippen molar-refractivity contribution >= 4 is 40.7 Å². The summed E-state index contributed by atoms with van der Waals surface area (Å²) >= 11 is 11.8. The Bertz CT molecular complexity index is 768. The number of rotatable bonds is 5. The monoisotopic (exact) mass is 368 g/mol. The van der Waals surface area contributed by atoms with E-state index in [0.717, 1.165) is 11.6 Å². The highest BCUT2D eigenvalue weighted by molar-refractivity contribution is 6.31. The number of carbonyl (C=O) groups excluding carboxylic acids is 2. The Kier molecular flexibility index (Phi) is 6.17. The molecule has 0 fully saturated rings. The van der Waals surface area contributed by atoms with Crippen LogP contribution in [-0.4, -0.2) is 23.3 Å². The van der Waals surface area contributed by atoms with Crippen LogP contribution in [-0.2, 0) is 16.1 Å². The lowest BCUT2D eigenvalue weighted by molar-refractivity contribution is -0.133. The van der Waals surface area contributed by atoms with Gasteiger partial charge in [0.2, 0.25) is 11.8 Å². The fraction of sp³-hybridized carbons (Fsp3) is 0.176. The third kappa shape index (κ3) is 4.94. The van der Waals surface area contributed by atoms with E-state index in [-0.39, 0.29) is 24.0 Å². The molecule has 24 heavy (non-hydrogen) atoms. The molecule has 0 radical (unpaired) electrons. The molecule has 0 saturated heterocycles. The molecule has 1 N–H and O–H groups in total. The molecule has 0 bridgehead atoms. The third-order valence-corrected chi connectivity index (χ3v) is 3.96. The zero-order chi connectivity index (χ0) is 17.7. The number of nitrogens with one attached hydrogen (secondary N) is 1. The van der Waals surface area contributed by atoms with E-state index < -0.39 is 11.7 Å². The number of carbonyl (C=O) groups is 2. The fourth-order valence-electron chi connectivity index (χ4n) is 2.06. The Morgan fingerprint density at radius 1 is 1.12 bits per heavy atom. The lowest BCUT2D eigenvalue weighted by Crippen LogP contribution is -2.36. The molecule has 7 heteroatoms. The van der Waals surface area contributed by atoms with E-state index in [0.29, 0.717) is 10.7 Å². The minimum absolute atomic E-state index is 0.0905. The maximum Gasteiger partial charge on any atom is 0.244 e. The van der Waals surface area contributed by atoms with Gasteiger partial charge in [-0.15, -0.1) is 0 Å². The second kappa shape index (κ2) is 8.13. The highest BCUT2D eigenvalue weighted by Crippen LogP contribution is 2.20. The van der Waals surface area contributed by atoms with E-state index in [9.17, 15) is 14.0 Å². The van der Waals surface area contributed by atoms with Gasteiger partial charge in [-0.25, -0.2) is 4.39 Å². The van der Waals surface area contributed by atoms with Crippen LogP contribution in [0.25, 0.3) is 0 Å². The van der Waals surface area contributed by atoms with Gasteiger partial charge in [0.1, 0.15) is 12.4 Å². The van der Waals surface area contributed by atoms with Crippen LogP contribution in [0.3, 0.4) is 0 Å². The number of halogens is 3. The Labute approximate surface area is 149 Å². The predicted molar refractivity (Wildman–Crippen MR) is 92.6 cm³/mol. The summed E-state index contributed by atoms with van der Waals surface area (Å²) in [6.45, 7) is 1.43. The summed E-state index contributed by atoms with van der Waals surface area (Å²) in [5.74, 6) is -1.25. The summed E-state index contributed by atoms with van der Waals surface area (Å²) < 4.78 is 13.1. The molecule has 2 amide bonds. The van der Waals surface area contributed by atoms with Crippen molar-refractivity contribution in [3.63, 3.8) is 0 Å². The largest absolute Gasteiger partial charge is 0.329 e. The molecule has 0 heterocycles. The van der Waals surface area contributed by atoms with Crippen LogP contribution in [0, 0.1) is 5.82 Å². The predicted octanol–water partition coefficient (Wildman–Crippen LogP) is 4.12. The zero-order valence-electron chi connectivity index (χ0n) is 12.9. The highest BCUT2D eigenvalue weighted by atomic mass is 35.5. The number of anilines is 1. The first-order chi connectivity index (χ1) is 11.4. The second-order valence-electron chi connectivity index (χ2n) is 5.14. The maximum atomic E-state index is 13.1. The van der Waals surface area contributed by atoms with Crippen LogP contribution in [0.15, 0.2) is 42.5 Å². The van der Waals surface area contributed by atoms with Crippen molar-refractivity contribution in [3.05, 3.63) is 63.9 Å². The van der Waals surface area contributed by atoms with Crippen LogP contribution < -0.4 is 5.32 Å². The third-order valence-electron chi connectivity index (χ3n) is 3.30. The number of nitrogens with zero attached hydrogens (tertiary/aromatic N) is 1. The molecule has 4 nitrogen and oxygen atoms in total. The molecular weight excluding hydrogens is 354 g/mol. The molecule has 0 aliphatic carbocycles. The second-order valence-corrected chi connectivity index (χ2v) is 5.96. The molecule has 0 spiro atoms. The van der Waals surface area contributed by atoms with Gasteiger partial charge in [-0.2, -0.15) is 0 Å². The molecule has 0 aromatic heterocycles. The van der Waals surface area contributed by atoms with Crippen molar-refractivity contribution in [2.45, 2.75) is 13.5 Å². The smallest absolute Gasteiger partial charge is 0.244 e. The van der Waals surface area contributed by atoms with Gasteiger partial charge in [0, 0.05) is 24.2 Å². The van der Waals surface area contributed by atoms with Crippen molar-refractivity contribution in [1.82, 2.24) is 4.90 Å². The number of hydrogen-bond donors (Lipinski definition) is 1. The lowest BCUT2D eigenvalue weighted by Gasteiger charge is -2.21. The molecule has 2 aromatic carbocycles. The normalized spacial score (nSPS) is 10.3. The molecule has 0 saturated carbocycles. The van der Waals surface area contributed by atoms with E-state index in [1.54, 1.807) is 24.3 Å². The van der Waals surface area contributed by atoms with E-state index in [1.165, 1.54) is 24.0 Å². The van der Waals surface area contributed by atoms with Gasteiger partial charge >= 0.3 is 0 Å². The maximum absolute atomic E-state index is 13.1. The average Bonchev–Trinajstić information content (AvgIpc) is 2.52. The molecule has 2 aromatic rings. The number of hydrogen-bond acceptors (Lipinski definition) is 2. The van der Waals surface area contributed by atoms with E-state index in [1.807, 2.05) is 0 Å². The van der Waals surface area contributed by atoms with Crippen molar-refractivity contribution in [3.8, 4) is 0 Å². The number of amides is 2. The molecule has 0 atom stereocenters. The molecule has 126 valence electrons. The van der Waals surface area contributed by atoms with Gasteiger partial charge in [0.15, 0.2) is 0 Å². The van der Waals surface area contributed by atoms with E-state index in [4.69, 9.17) is 23.2 Å². The first kappa shape index (κ1) is 18.2. The van der Waals surface area contributed by atoms with Gasteiger partial charge in [0.05, 0.1) is 5.02 Å². The van der Waals surface area contributed by atoms with Crippen LogP contribution in [0.2, 0.25) is 10.0 Å². The standard InChI is InChI=1S/C17H15Cl2FN2O2/c1-11(23)22(9-12-4-2-3-5-14(12)18)10-17(24)21-13-6-7-16(20)15(19)8-13/h2-8H,9-10H2,1H3,(H,21,24). The molecule has 0 aliphatic heterocycles. The first-order valence-corrected chi connectivity index (χ1v) is 7.86. The average molecular weight is 369 g/mol. The van der Waals surface area contributed by atoms with E-state index in [2.05, 4.69) is 5.32 Å². The van der Waals surface area contributed by atoms with Crippen molar-refractivity contribution < 1.29 is 14.0 Å². The summed E-state index contributed by atoms with van der Waals surface area (Å²) in [6, 6.07) is 11.0. The van der Waals surface area contributed by atoms with Crippen LogP contribution >= 0.6 is 23.2 Å². The van der Waals surface area contributed by atoms with Gasteiger partial charge < -0.3 is 10.2 Å². The quantitative estimate of drug-likeness (QED) is 0.862. The Morgan fingerprint density at radius 3 is 2.46 bits per heavy atom. The Balaban J connectivity index is 2.04. The summed E-state index contributed by atoms with van der Waals surface area (Å²) in [5.41, 5.74) is 1.10. The van der Waals surface area contributed by atoms with Crippen LogP contribution in [0.4, 0.5) is 10.1 Å². The summed E-state index contributed by atoms with van der Waals surface area (Å²) in [7, 11) is 0. The summed E-state index contributed by atoms with van der Waals surface area (Å²) in [5, 5.41) is 3.01. The van der Waals surface area contributed by atoms with Crippen LogP contribution in [0.5, 0.6) is 0 Å². The van der Waals surface area contributed by atoms with E-state index >= 15 is 0 Å². The minimum atomic E-state index is -0.571. The Morgan fingerprint density at radius 2 is 1.83 bits per heavy atom. The van der Waals surface area contributed by atoms with Gasteiger partial charge in [-0.05, 0) is 29.8 Å². The fourth-order valence-corrected chi connectivity index (χ4v) is 2.43. The van der Waals surface area contributed by atoms with Crippen LogP contribution in [0.1, 0.15) is 12.5 Å². The van der Waals surface area contributed by atoms with Crippen molar-refractivity contribution in [2.24, 2.45) is 0 Å². The van der Waals surface area contributed by atoms with Crippen molar-refractivity contribution in [2.75, 3.05) is 11.9 Å². The number of benzene rings is 2.